The second-order valence-corrected chi connectivity index (χ2v) is 12.6. The topological polar surface area (TPSA) is 105 Å². The smallest absolute Gasteiger partial charge is 0.0540 e. The van der Waals surface area contributed by atoms with E-state index < -0.39 is 24.0 Å². The van der Waals surface area contributed by atoms with Gasteiger partial charge in [-0.15, -0.1) is 12.2 Å². The Balaban J connectivity index is 1.31. The van der Waals surface area contributed by atoms with Crippen molar-refractivity contribution in [3.05, 3.63) is 157 Å². The van der Waals surface area contributed by atoms with E-state index in [0.717, 1.165) is 45.0 Å². The van der Waals surface area contributed by atoms with Crippen molar-refractivity contribution in [3.8, 4) is 22.3 Å². The first-order valence-corrected chi connectivity index (χ1v) is 16.2. The van der Waals surface area contributed by atoms with Gasteiger partial charge in [-0.2, -0.15) is 0 Å². The number of nitrogen functional groups attached to an aromatic ring is 2. The minimum atomic E-state index is -1.15. The van der Waals surface area contributed by atoms with Crippen LogP contribution in [-0.4, -0.2) is 26.3 Å². The Labute approximate surface area is 282 Å². The zero-order chi connectivity index (χ0) is 33.4. The van der Waals surface area contributed by atoms with Gasteiger partial charge in [-0.05, 0) is 70.5 Å². The molecule has 2 atom stereocenters. The summed E-state index contributed by atoms with van der Waals surface area (Å²) in [6.07, 6.45) is -2.30. The molecule has 6 heteroatoms. The van der Waals surface area contributed by atoms with Crippen LogP contribution in [0.2, 0.25) is 0 Å². The van der Waals surface area contributed by atoms with Crippen molar-refractivity contribution in [2.45, 2.75) is 24.0 Å². The van der Waals surface area contributed by atoms with Crippen LogP contribution in [0.1, 0.15) is 23.0 Å². The molecule has 7 rings (SSSR count). The van der Waals surface area contributed by atoms with Crippen molar-refractivity contribution in [1.82, 2.24) is 0 Å². The molecule has 0 heterocycles. The van der Waals surface area contributed by atoms with Crippen molar-refractivity contribution in [3.63, 3.8) is 0 Å². The molecule has 2 unspecified atom stereocenters. The van der Waals surface area contributed by atoms with Gasteiger partial charge in [-0.25, -0.2) is 0 Å². The van der Waals surface area contributed by atoms with Gasteiger partial charge in [0.15, 0.2) is 0 Å². The fourth-order valence-electron chi connectivity index (χ4n) is 7.00. The molecule has 240 valence electrons. The Bertz CT molecular complexity index is 1950. The lowest BCUT2D eigenvalue weighted by molar-refractivity contribution is -0.535. The predicted molar refractivity (Wildman–Crippen MR) is 195 cm³/mol. The minimum absolute atomic E-state index is 0.424. The number of benzene rings is 6. The Morgan fingerprint density at radius 3 is 1.31 bits per heavy atom. The van der Waals surface area contributed by atoms with Crippen LogP contribution < -0.4 is 31.5 Å². The van der Waals surface area contributed by atoms with Crippen molar-refractivity contribution in [1.29, 1.82) is 0 Å². The summed E-state index contributed by atoms with van der Waals surface area (Å²) < 4.78 is 0. The van der Waals surface area contributed by atoms with E-state index in [-0.39, 0.29) is 0 Å². The third-order valence-corrected chi connectivity index (χ3v) is 9.51. The number of rotatable bonds is 8. The Morgan fingerprint density at radius 1 is 0.479 bits per heavy atom. The predicted octanol–water partition coefficient (Wildman–Crippen LogP) is 7.06. The number of hydrogen-bond acceptors (Lipinski definition) is 6. The molecule has 6 aromatic rings. The van der Waals surface area contributed by atoms with Crippen LogP contribution in [0.15, 0.2) is 146 Å². The number of nitrogens with two attached hydrogens (primary N) is 2. The second-order valence-electron chi connectivity index (χ2n) is 12.6. The van der Waals surface area contributed by atoms with Gasteiger partial charge < -0.3 is 31.5 Å². The van der Waals surface area contributed by atoms with E-state index in [9.17, 15) is 10.2 Å². The van der Waals surface area contributed by atoms with E-state index in [1.807, 2.05) is 116 Å². The highest BCUT2D eigenvalue weighted by molar-refractivity contribution is 5.94. The molecule has 6 aromatic carbocycles. The summed E-state index contributed by atoms with van der Waals surface area (Å²) in [5.74, 6) is -1.49. The summed E-state index contributed by atoms with van der Waals surface area (Å²) in [5, 5.41) is 27.4. The average molecular weight is 631 g/mol. The number of nitrogens with zero attached hydrogens (tertiary/aromatic N) is 2. The molecular formula is C42H38N4O2-2. The van der Waals surface area contributed by atoms with Crippen LogP contribution in [0.4, 0.5) is 34.1 Å². The second kappa shape index (κ2) is 12.9. The zero-order valence-corrected chi connectivity index (χ0v) is 27.0. The van der Waals surface area contributed by atoms with Gasteiger partial charge in [0.05, 0.1) is 11.4 Å². The summed E-state index contributed by atoms with van der Waals surface area (Å²) >= 11 is 0. The first kappa shape index (κ1) is 31.1. The Morgan fingerprint density at radius 2 is 0.875 bits per heavy atom. The van der Waals surface area contributed by atoms with Gasteiger partial charge in [-0.1, -0.05) is 109 Å². The van der Waals surface area contributed by atoms with Crippen molar-refractivity contribution < 1.29 is 10.2 Å². The molecule has 4 N–H and O–H groups in total. The lowest BCUT2D eigenvalue weighted by Crippen LogP contribution is -2.63. The molecule has 48 heavy (non-hydrogen) atoms. The van der Waals surface area contributed by atoms with Gasteiger partial charge in [-0.3, -0.25) is 0 Å². The third kappa shape index (κ3) is 5.55. The van der Waals surface area contributed by atoms with E-state index in [1.54, 1.807) is 0 Å². The highest BCUT2D eigenvalue weighted by Gasteiger charge is 2.40. The van der Waals surface area contributed by atoms with Crippen LogP contribution in [-0.2, 0) is 0 Å². The van der Waals surface area contributed by atoms with Crippen LogP contribution in [0.3, 0.4) is 0 Å². The van der Waals surface area contributed by atoms with Crippen LogP contribution >= 0.6 is 0 Å². The lowest BCUT2D eigenvalue weighted by Gasteiger charge is -2.62. The van der Waals surface area contributed by atoms with Gasteiger partial charge in [0, 0.05) is 48.0 Å². The molecule has 0 bridgehead atoms. The molecule has 0 aliphatic heterocycles. The third-order valence-electron chi connectivity index (χ3n) is 9.51. The fourth-order valence-corrected chi connectivity index (χ4v) is 7.00. The average Bonchev–Trinajstić information content (AvgIpc) is 3.11. The Kier molecular flexibility index (Phi) is 8.36. The van der Waals surface area contributed by atoms with Gasteiger partial charge in [0.2, 0.25) is 0 Å². The summed E-state index contributed by atoms with van der Waals surface area (Å²) in [7, 11) is 3.85. The maximum Gasteiger partial charge on any atom is 0.0540 e. The molecule has 0 spiro atoms. The van der Waals surface area contributed by atoms with Gasteiger partial charge in [0.25, 0.3) is 0 Å². The summed E-state index contributed by atoms with van der Waals surface area (Å²) in [6, 6.07) is 48.5. The number of hydrogen-bond donors (Lipinski definition) is 2. The first-order valence-electron chi connectivity index (χ1n) is 16.2. The van der Waals surface area contributed by atoms with E-state index in [0.29, 0.717) is 22.5 Å². The molecule has 1 aliphatic rings. The molecule has 0 aromatic heterocycles. The van der Waals surface area contributed by atoms with Gasteiger partial charge in [0.1, 0.15) is 0 Å². The maximum atomic E-state index is 13.7. The van der Waals surface area contributed by atoms with Crippen LogP contribution in [0.25, 0.3) is 22.3 Å². The van der Waals surface area contributed by atoms with Crippen LogP contribution in [0.5, 0.6) is 0 Å². The lowest BCUT2D eigenvalue weighted by atomic mass is 9.62. The minimum Gasteiger partial charge on any atom is -0.851 e. The highest BCUT2D eigenvalue weighted by Crippen LogP contribution is 2.50. The zero-order valence-electron chi connectivity index (χ0n) is 27.0. The van der Waals surface area contributed by atoms with E-state index >= 15 is 0 Å². The quantitative estimate of drug-likeness (QED) is 0.175. The molecule has 1 aliphatic carbocycles. The first-order chi connectivity index (χ1) is 23.3. The van der Waals surface area contributed by atoms with E-state index in [2.05, 4.69) is 53.4 Å². The highest BCUT2D eigenvalue weighted by atomic mass is 16.3. The van der Waals surface area contributed by atoms with E-state index in [4.69, 9.17) is 11.5 Å². The number of anilines is 6. The number of para-hydroxylation sites is 2. The molecule has 6 nitrogen and oxygen atoms in total. The Hall–Kier alpha value is -5.56. The van der Waals surface area contributed by atoms with Crippen molar-refractivity contribution in [2.75, 3.05) is 35.4 Å². The van der Waals surface area contributed by atoms with Crippen molar-refractivity contribution >= 4 is 34.1 Å². The molecule has 0 radical (unpaired) electrons. The summed E-state index contributed by atoms with van der Waals surface area (Å²) in [5.41, 5.74) is 23.2. The molecular weight excluding hydrogens is 592 g/mol. The molecule has 1 saturated carbocycles. The maximum absolute atomic E-state index is 13.7. The van der Waals surface area contributed by atoms with E-state index in [1.165, 1.54) is 0 Å². The molecule has 0 saturated heterocycles. The standard InChI is InChI=1S/C42H38N4O2/c1-45(2)29-21-23-33(35(43)25-29)39-41(47)40(42(39)48)34-24-22-30(26-36(34)44)46(37-19-11-9-17-31(37)27-13-5-3-6-14-27)38-20-12-10-18-32(38)28-15-7-4-8-16-28/h3-26,39-42H,43-44H2,1-2H3/q-2. The normalized spacial score (nSPS) is 18.6. The van der Waals surface area contributed by atoms with Crippen molar-refractivity contribution in [2.24, 2.45) is 0 Å². The molecule has 0 amide bonds. The SMILES string of the molecule is CN(C)c1ccc(C2C([O-])C(c3ccc(N(c4ccccc4-c4ccccc4)c4ccccc4-c4ccccc4)cc3N)C2[O-])c(N)c1. The van der Waals surface area contributed by atoms with Crippen LogP contribution in [0, 0.1) is 0 Å². The van der Waals surface area contributed by atoms with Gasteiger partial charge >= 0.3 is 0 Å². The summed E-state index contributed by atoms with van der Waals surface area (Å²) in [6.45, 7) is 0. The largest absolute Gasteiger partial charge is 0.851 e. The monoisotopic (exact) mass is 630 g/mol. The fraction of sp³-hybridized carbons (Fsp3) is 0.143. The summed E-state index contributed by atoms with van der Waals surface area (Å²) in [4.78, 5) is 4.15. The molecule has 1 fully saturated rings.